The van der Waals surface area contributed by atoms with Crippen LogP contribution in [0.15, 0.2) is 76.2 Å². The zero-order chi connectivity index (χ0) is 18.4. The third kappa shape index (κ3) is 5.20. The quantitative estimate of drug-likeness (QED) is 0.387. The van der Waals surface area contributed by atoms with Crippen LogP contribution in [-0.4, -0.2) is 6.21 Å². The Hall–Kier alpha value is -2.10. The minimum absolute atomic E-state index is 0.477. The van der Waals surface area contributed by atoms with Crippen LogP contribution in [0, 0.1) is 0 Å². The zero-order valence-corrected chi connectivity index (χ0v) is 16.8. The molecule has 3 aromatic rings. The Morgan fingerprint density at radius 2 is 1.65 bits per heavy atom. The number of rotatable bonds is 6. The lowest BCUT2D eigenvalue weighted by Gasteiger charge is -2.10. The van der Waals surface area contributed by atoms with Gasteiger partial charge in [-0.15, -0.1) is 0 Å². The highest BCUT2D eigenvalue weighted by molar-refractivity contribution is 9.10. The molecule has 2 nitrogen and oxygen atoms in total. The summed E-state index contributed by atoms with van der Waals surface area (Å²) in [6.07, 6.45) is 2.86. The Morgan fingerprint density at radius 3 is 2.35 bits per heavy atom. The van der Waals surface area contributed by atoms with E-state index in [4.69, 9.17) is 16.3 Å². The molecule has 0 fully saturated rings. The number of halogens is 2. The zero-order valence-electron chi connectivity index (χ0n) is 14.5. The lowest BCUT2D eigenvalue weighted by atomic mass is 10.1. The molecule has 0 atom stereocenters. The highest BCUT2D eigenvalue weighted by atomic mass is 79.9. The number of benzene rings is 3. The summed E-state index contributed by atoms with van der Waals surface area (Å²) in [4.78, 5) is 4.58. The van der Waals surface area contributed by atoms with Gasteiger partial charge < -0.3 is 4.74 Å². The minimum Gasteiger partial charge on any atom is -0.488 e. The number of aliphatic imine (C=N–C) groups is 1. The first kappa shape index (κ1) is 18.7. The van der Waals surface area contributed by atoms with Crippen LogP contribution >= 0.6 is 27.5 Å². The Kier molecular flexibility index (Phi) is 6.48. The van der Waals surface area contributed by atoms with Gasteiger partial charge in [-0.25, -0.2) is 0 Å². The van der Waals surface area contributed by atoms with Crippen LogP contribution in [0.2, 0.25) is 5.02 Å². The van der Waals surface area contributed by atoms with Gasteiger partial charge in [-0.1, -0.05) is 58.7 Å². The molecule has 0 aliphatic carbocycles. The topological polar surface area (TPSA) is 21.6 Å². The van der Waals surface area contributed by atoms with Crippen molar-refractivity contribution in [2.45, 2.75) is 20.0 Å². The number of hydrogen-bond donors (Lipinski definition) is 0. The Morgan fingerprint density at radius 1 is 0.962 bits per heavy atom. The molecule has 4 heteroatoms. The molecule has 132 valence electrons. The highest BCUT2D eigenvalue weighted by Crippen LogP contribution is 2.24. The van der Waals surface area contributed by atoms with E-state index in [9.17, 15) is 0 Å². The molecule has 0 radical (unpaired) electrons. The lowest BCUT2D eigenvalue weighted by molar-refractivity contribution is 0.306. The van der Waals surface area contributed by atoms with E-state index in [0.29, 0.717) is 6.61 Å². The second kappa shape index (κ2) is 9.02. The molecule has 0 heterocycles. The molecule has 0 aliphatic rings. The van der Waals surface area contributed by atoms with Gasteiger partial charge in [0.2, 0.25) is 0 Å². The van der Waals surface area contributed by atoms with E-state index in [1.165, 1.54) is 5.56 Å². The van der Waals surface area contributed by atoms with Crippen LogP contribution in [0.5, 0.6) is 5.75 Å². The molecule has 0 N–H and O–H groups in total. The van der Waals surface area contributed by atoms with E-state index < -0.39 is 0 Å². The summed E-state index contributed by atoms with van der Waals surface area (Å²) in [7, 11) is 0. The molecule has 0 aliphatic heterocycles. The average Bonchev–Trinajstić information content (AvgIpc) is 2.67. The summed E-state index contributed by atoms with van der Waals surface area (Å²) < 4.78 is 6.97. The van der Waals surface area contributed by atoms with Gasteiger partial charge >= 0.3 is 0 Å². The van der Waals surface area contributed by atoms with Gasteiger partial charge in [-0.05, 0) is 60.0 Å². The fourth-order valence-corrected chi connectivity index (χ4v) is 2.96. The van der Waals surface area contributed by atoms with Crippen molar-refractivity contribution in [3.8, 4) is 5.75 Å². The van der Waals surface area contributed by atoms with Crippen molar-refractivity contribution in [3.05, 3.63) is 92.9 Å². The smallest absolute Gasteiger partial charge is 0.128 e. The predicted octanol–water partition coefficient (Wildman–Crippen LogP) is 6.99. The summed E-state index contributed by atoms with van der Waals surface area (Å²) in [6, 6.07) is 21.8. The van der Waals surface area contributed by atoms with Gasteiger partial charge in [0.15, 0.2) is 0 Å². The van der Waals surface area contributed by atoms with Crippen molar-refractivity contribution in [1.29, 1.82) is 0 Å². The molecule has 26 heavy (non-hydrogen) atoms. The maximum absolute atomic E-state index is 5.99. The highest BCUT2D eigenvalue weighted by Gasteiger charge is 2.04. The Balaban J connectivity index is 1.76. The summed E-state index contributed by atoms with van der Waals surface area (Å²) in [5, 5.41) is 0.722. The first-order valence-corrected chi connectivity index (χ1v) is 9.61. The van der Waals surface area contributed by atoms with E-state index >= 15 is 0 Å². The van der Waals surface area contributed by atoms with Crippen LogP contribution in [0.1, 0.15) is 23.6 Å². The first-order valence-electron chi connectivity index (χ1n) is 8.44. The van der Waals surface area contributed by atoms with Gasteiger partial charge in [0.05, 0.1) is 5.69 Å². The SMILES string of the molecule is CCc1ccc(N=Cc2cc(Br)ccc2OCc2ccc(Cl)cc2)cc1. The summed E-state index contributed by atoms with van der Waals surface area (Å²) in [5.41, 5.74) is 4.22. The standard InChI is InChI=1S/C22H19BrClNO/c1-2-16-5-10-21(11-6-16)25-14-18-13-19(23)7-12-22(18)26-15-17-3-8-20(24)9-4-17/h3-14H,2,15H2,1H3. The molecule has 0 spiro atoms. The molecule has 0 bridgehead atoms. The number of ether oxygens (including phenoxy) is 1. The van der Waals surface area contributed by atoms with Gasteiger partial charge in [-0.3, -0.25) is 4.99 Å². The van der Waals surface area contributed by atoms with Gasteiger partial charge in [0.25, 0.3) is 0 Å². The molecule has 3 rings (SSSR count). The average molecular weight is 429 g/mol. The summed E-state index contributed by atoms with van der Waals surface area (Å²) in [5.74, 6) is 0.789. The van der Waals surface area contributed by atoms with Crippen LogP contribution in [0.4, 0.5) is 5.69 Å². The maximum Gasteiger partial charge on any atom is 0.128 e. The molecule has 3 aromatic carbocycles. The number of aryl methyl sites for hydroxylation is 1. The third-order valence-corrected chi connectivity index (χ3v) is 4.72. The molecule has 0 amide bonds. The molecule has 0 aromatic heterocycles. The third-order valence-electron chi connectivity index (χ3n) is 3.98. The van der Waals surface area contributed by atoms with Crippen molar-refractivity contribution >= 4 is 39.4 Å². The van der Waals surface area contributed by atoms with E-state index in [0.717, 1.165) is 38.5 Å². The van der Waals surface area contributed by atoms with E-state index in [-0.39, 0.29) is 0 Å². The second-order valence-electron chi connectivity index (χ2n) is 5.88. The van der Waals surface area contributed by atoms with Crippen molar-refractivity contribution in [2.24, 2.45) is 4.99 Å². The minimum atomic E-state index is 0.477. The second-order valence-corrected chi connectivity index (χ2v) is 7.23. The number of nitrogens with zero attached hydrogens (tertiary/aromatic N) is 1. The van der Waals surface area contributed by atoms with Crippen molar-refractivity contribution in [3.63, 3.8) is 0 Å². The van der Waals surface area contributed by atoms with Crippen LogP contribution < -0.4 is 4.74 Å². The summed E-state index contributed by atoms with van der Waals surface area (Å²) >= 11 is 9.44. The Bertz CT molecular complexity index is 889. The number of hydrogen-bond acceptors (Lipinski definition) is 2. The predicted molar refractivity (Wildman–Crippen MR) is 113 cm³/mol. The van der Waals surface area contributed by atoms with Crippen LogP contribution in [-0.2, 0) is 13.0 Å². The fourth-order valence-electron chi connectivity index (χ4n) is 2.46. The van der Waals surface area contributed by atoms with E-state index in [1.807, 2.05) is 60.8 Å². The van der Waals surface area contributed by atoms with Crippen molar-refractivity contribution in [1.82, 2.24) is 0 Å². The van der Waals surface area contributed by atoms with Gasteiger partial charge in [0.1, 0.15) is 12.4 Å². The Labute approximate surface area is 167 Å². The van der Waals surface area contributed by atoms with Crippen LogP contribution in [0.25, 0.3) is 0 Å². The largest absolute Gasteiger partial charge is 0.488 e. The van der Waals surface area contributed by atoms with Crippen molar-refractivity contribution in [2.75, 3.05) is 0 Å². The van der Waals surface area contributed by atoms with E-state index in [1.54, 1.807) is 0 Å². The lowest BCUT2D eigenvalue weighted by Crippen LogP contribution is -1.98. The maximum atomic E-state index is 5.99. The van der Waals surface area contributed by atoms with Gasteiger partial charge in [-0.2, -0.15) is 0 Å². The molecule has 0 saturated carbocycles. The fraction of sp³-hybridized carbons (Fsp3) is 0.136. The monoisotopic (exact) mass is 427 g/mol. The van der Waals surface area contributed by atoms with Crippen LogP contribution in [0.3, 0.4) is 0 Å². The molecule has 0 saturated heterocycles. The molecule has 0 unspecified atom stereocenters. The first-order chi connectivity index (χ1) is 12.6. The van der Waals surface area contributed by atoms with Crippen molar-refractivity contribution < 1.29 is 4.74 Å². The summed E-state index contributed by atoms with van der Waals surface area (Å²) in [6.45, 7) is 2.62. The molecular weight excluding hydrogens is 410 g/mol. The van der Waals surface area contributed by atoms with E-state index in [2.05, 4.69) is 40.0 Å². The normalized spacial score (nSPS) is 11.0. The van der Waals surface area contributed by atoms with Gasteiger partial charge in [0, 0.05) is 21.3 Å². The molecular formula is C22H19BrClNO.